The van der Waals surface area contributed by atoms with Crippen molar-refractivity contribution in [3.63, 3.8) is 0 Å². The summed E-state index contributed by atoms with van der Waals surface area (Å²) >= 11 is 12.0. The lowest BCUT2D eigenvalue weighted by atomic mass is 10.1. The van der Waals surface area contributed by atoms with Gasteiger partial charge in [-0.25, -0.2) is 18.7 Å². The molecule has 0 atom stereocenters. The SMILES string of the molecule is CN(C)CC=CC(=O)Nc1cc2c(Nc3cc(Cl)c(Cl)cc3F)ncnc2cc1OCCOCCOCCOCCF. The van der Waals surface area contributed by atoms with Crippen LogP contribution in [0.15, 0.2) is 42.7 Å². The van der Waals surface area contributed by atoms with Crippen LogP contribution < -0.4 is 15.4 Å². The van der Waals surface area contributed by atoms with E-state index in [2.05, 4.69) is 20.6 Å². The molecular formula is C28H33Cl2F2N5O5. The van der Waals surface area contributed by atoms with Crippen molar-refractivity contribution in [2.75, 3.05) is 84.2 Å². The zero-order valence-corrected chi connectivity index (χ0v) is 24.8. The molecule has 0 saturated heterocycles. The Balaban J connectivity index is 1.73. The van der Waals surface area contributed by atoms with Gasteiger partial charge in [0.05, 0.1) is 66.6 Å². The number of carbonyl (C=O) groups is 1. The number of likely N-dealkylation sites (N-methyl/N-ethyl adjacent to an activating group) is 1. The number of hydrogen-bond acceptors (Lipinski definition) is 9. The second-order valence-corrected chi connectivity index (χ2v) is 9.80. The first-order valence-electron chi connectivity index (χ1n) is 13.0. The molecule has 0 radical (unpaired) electrons. The summed E-state index contributed by atoms with van der Waals surface area (Å²) in [5.74, 6) is -0.356. The topological polar surface area (TPSA) is 107 Å². The fraction of sp³-hybridized carbons (Fsp3) is 0.393. The van der Waals surface area contributed by atoms with E-state index in [0.29, 0.717) is 55.3 Å². The summed E-state index contributed by atoms with van der Waals surface area (Å²) in [6.07, 6.45) is 4.46. The predicted molar refractivity (Wildman–Crippen MR) is 159 cm³/mol. The fourth-order valence-electron chi connectivity index (χ4n) is 3.50. The molecule has 14 heteroatoms. The molecule has 42 heavy (non-hydrogen) atoms. The number of hydrogen-bond donors (Lipinski definition) is 2. The third-order valence-electron chi connectivity index (χ3n) is 5.45. The van der Waals surface area contributed by atoms with Crippen molar-refractivity contribution in [1.82, 2.24) is 14.9 Å². The zero-order chi connectivity index (χ0) is 30.3. The van der Waals surface area contributed by atoms with Gasteiger partial charge in [0.2, 0.25) is 5.91 Å². The quantitative estimate of drug-likeness (QED) is 0.111. The Hall–Kier alpha value is -3.13. The van der Waals surface area contributed by atoms with Crippen LogP contribution >= 0.6 is 23.2 Å². The van der Waals surface area contributed by atoms with Gasteiger partial charge >= 0.3 is 0 Å². The highest BCUT2D eigenvalue weighted by atomic mass is 35.5. The Labute approximate surface area is 252 Å². The highest BCUT2D eigenvalue weighted by molar-refractivity contribution is 6.42. The van der Waals surface area contributed by atoms with Gasteiger partial charge in [0.1, 0.15) is 37.0 Å². The van der Waals surface area contributed by atoms with E-state index >= 15 is 0 Å². The Bertz CT molecular complexity index is 1350. The van der Waals surface area contributed by atoms with E-state index in [-0.39, 0.29) is 47.3 Å². The average molecular weight is 629 g/mol. The van der Waals surface area contributed by atoms with Crippen LogP contribution in [0.3, 0.4) is 0 Å². The zero-order valence-electron chi connectivity index (χ0n) is 23.3. The first kappa shape index (κ1) is 33.4. The maximum absolute atomic E-state index is 14.6. The highest BCUT2D eigenvalue weighted by Crippen LogP contribution is 2.35. The molecule has 0 aliphatic heterocycles. The van der Waals surface area contributed by atoms with E-state index in [9.17, 15) is 13.6 Å². The summed E-state index contributed by atoms with van der Waals surface area (Å²) in [5, 5.41) is 6.49. The largest absolute Gasteiger partial charge is 0.489 e. The van der Waals surface area contributed by atoms with Gasteiger partial charge in [-0.15, -0.1) is 0 Å². The minimum absolute atomic E-state index is 0.0560. The number of halogens is 4. The number of ether oxygens (including phenoxy) is 4. The van der Waals surface area contributed by atoms with E-state index in [4.69, 9.17) is 42.1 Å². The number of aromatic nitrogens is 2. The minimum Gasteiger partial charge on any atom is -0.489 e. The third-order valence-corrected chi connectivity index (χ3v) is 6.17. The molecule has 10 nitrogen and oxygen atoms in total. The van der Waals surface area contributed by atoms with Crippen LogP contribution in [0.2, 0.25) is 10.0 Å². The van der Waals surface area contributed by atoms with Crippen molar-refractivity contribution < 1.29 is 32.5 Å². The van der Waals surface area contributed by atoms with Crippen molar-refractivity contribution in [2.24, 2.45) is 0 Å². The fourth-order valence-corrected chi connectivity index (χ4v) is 3.81. The molecule has 3 aromatic rings. The predicted octanol–water partition coefficient (Wildman–Crippen LogP) is 5.27. The summed E-state index contributed by atoms with van der Waals surface area (Å²) < 4.78 is 48.4. The first-order valence-corrected chi connectivity index (χ1v) is 13.8. The number of benzene rings is 2. The van der Waals surface area contributed by atoms with Gasteiger partial charge in [-0.2, -0.15) is 0 Å². The van der Waals surface area contributed by atoms with Crippen LogP contribution in [-0.4, -0.2) is 94.3 Å². The lowest BCUT2D eigenvalue weighted by Crippen LogP contribution is -2.15. The smallest absolute Gasteiger partial charge is 0.248 e. The number of nitrogens with one attached hydrogen (secondary N) is 2. The van der Waals surface area contributed by atoms with Crippen molar-refractivity contribution in [3.05, 3.63) is 58.6 Å². The second kappa shape index (κ2) is 17.7. The van der Waals surface area contributed by atoms with Gasteiger partial charge in [-0.3, -0.25) is 4.79 Å². The van der Waals surface area contributed by atoms with E-state index < -0.39 is 12.5 Å². The molecule has 2 N–H and O–H groups in total. The molecule has 1 aromatic heterocycles. The number of amides is 1. The third kappa shape index (κ3) is 10.9. The second-order valence-electron chi connectivity index (χ2n) is 8.99. The molecule has 0 unspecified atom stereocenters. The Morgan fingerprint density at radius 2 is 1.60 bits per heavy atom. The monoisotopic (exact) mass is 627 g/mol. The molecule has 0 fully saturated rings. The maximum atomic E-state index is 14.6. The maximum Gasteiger partial charge on any atom is 0.248 e. The van der Waals surface area contributed by atoms with Gasteiger partial charge < -0.3 is 34.5 Å². The van der Waals surface area contributed by atoms with Gasteiger partial charge in [0.15, 0.2) is 0 Å². The van der Waals surface area contributed by atoms with Crippen molar-refractivity contribution >= 4 is 57.2 Å². The molecule has 2 aromatic carbocycles. The van der Waals surface area contributed by atoms with Gasteiger partial charge in [0, 0.05) is 24.1 Å². The molecule has 0 spiro atoms. The standard InChI is InChI=1S/C28H33Cl2F2N5O5/c1-37(2)6-3-4-27(38)35-25-14-19-23(17-26(25)42-13-12-41-11-10-40-9-8-39-7-5-31)33-18-34-28(19)36-24-16-21(30)20(29)15-22(24)32/h3-4,14-18H,5-13H2,1-2H3,(H,35,38)(H,33,34,36). The summed E-state index contributed by atoms with van der Waals surface area (Å²) in [4.78, 5) is 23.1. The molecular weight excluding hydrogens is 595 g/mol. The molecule has 0 aliphatic carbocycles. The van der Waals surface area contributed by atoms with E-state index in [1.165, 1.54) is 18.5 Å². The summed E-state index contributed by atoms with van der Waals surface area (Å²) in [7, 11) is 3.78. The average Bonchev–Trinajstić information content (AvgIpc) is 2.95. The number of carbonyl (C=O) groups excluding carboxylic acids is 1. The number of anilines is 3. The van der Waals surface area contributed by atoms with E-state index in [1.807, 2.05) is 19.0 Å². The Kier molecular flexibility index (Phi) is 14.1. The molecule has 0 saturated carbocycles. The summed E-state index contributed by atoms with van der Waals surface area (Å²) in [6, 6.07) is 5.74. The van der Waals surface area contributed by atoms with Crippen molar-refractivity contribution in [2.45, 2.75) is 0 Å². The van der Waals surface area contributed by atoms with Crippen LogP contribution in [0.4, 0.5) is 26.0 Å². The summed E-state index contributed by atoms with van der Waals surface area (Å²) in [5.41, 5.74) is 0.898. The van der Waals surface area contributed by atoms with Gasteiger partial charge in [-0.05, 0) is 32.3 Å². The number of rotatable bonds is 18. The van der Waals surface area contributed by atoms with Crippen LogP contribution in [-0.2, 0) is 19.0 Å². The normalized spacial score (nSPS) is 11.5. The van der Waals surface area contributed by atoms with E-state index in [1.54, 1.807) is 18.2 Å². The van der Waals surface area contributed by atoms with Crippen LogP contribution in [0.5, 0.6) is 5.75 Å². The lowest BCUT2D eigenvalue weighted by Gasteiger charge is -2.15. The van der Waals surface area contributed by atoms with Crippen LogP contribution in [0, 0.1) is 5.82 Å². The van der Waals surface area contributed by atoms with Gasteiger partial charge in [0.25, 0.3) is 0 Å². The van der Waals surface area contributed by atoms with Crippen molar-refractivity contribution in [1.29, 1.82) is 0 Å². The van der Waals surface area contributed by atoms with Crippen molar-refractivity contribution in [3.8, 4) is 5.75 Å². The summed E-state index contributed by atoms with van der Waals surface area (Å²) in [6.45, 7) is 1.88. The van der Waals surface area contributed by atoms with Gasteiger partial charge in [-0.1, -0.05) is 29.3 Å². The molecule has 1 amide bonds. The molecule has 0 aliphatic rings. The first-order chi connectivity index (χ1) is 20.3. The number of nitrogens with zero attached hydrogens (tertiary/aromatic N) is 3. The Morgan fingerprint density at radius 1 is 0.929 bits per heavy atom. The molecule has 228 valence electrons. The van der Waals surface area contributed by atoms with Crippen LogP contribution in [0.25, 0.3) is 10.9 Å². The number of fused-ring (bicyclic) bond motifs is 1. The minimum atomic E-state index is -0.619. The lowest BCUT2D eigenvalue weighted by molar-refractivity contribution is -0.111. The molecule has 0 bridgehead atoms. The Morgan fingerprint density at radius 3 is 2.29 bits per heavy atom. The van der Waals surface area contributed by atoms with Crippen LogP contribution in [0.1, 0.15) is 0 Å². The number of alkyl halides is 1. The molecule has 1 heterocycles. The highest BCUT2D eigenvalue weighted by Gasteiger charge is 2.15. The van der Waals surface area contributed by atoms with E-state index in [0.717, 1.165) is 6.07 Å². The molecule has 3 rings (SSSR count).